The Hall–Kier alpha value is -1.22. The molecule has 0 heterocycles. The summed E-state index contributed by atoms with van der Waals surface area (Å²) in [6.45, 7) is 10.6. The Morgan fingerprint density at radius 1 is 1.14 bits per heavy atom. The number of hydrogen-bond acceptors (Lipinski definition) is 0. The minimum Gasteiger partial charge on any atom is -0.101 e. The summed E-state index contributed by atoms with van der Waals surface area (Å²) < 4.78 is 0. The quantitative estimate of drug-likeness (QED) is 0.585. The van der Waals surface area contributed by atoms with Gasteiger partial charge in [-0.15, -0.1) is 5.92 Å². The van der Waals surface area contributed by atoms with Crippen molar-refractivity contribution in [3.8, 4) is 11.8 Å². The number of benzene rings is 1. The summed E-state index contributed by atoms with van der Waals surface area (Å²) in [5.41, 5.74) is 5.23. The van der Waals surface area contributed by atoms with Crippen molar-refractivity contribution in [2.75, 3.05) is 0 Å². The molecular weight excluding hydrogens is 168 g/mol. The van der Waals surface area contributed by atoms with Gasteiger partial charge in [0.25, 0.3) is 0 Å². The first-order valence-electron chi connectivity index (χ1n) is 5.10. The van der Waals surface area contributed by atoms with E-state index in [1.165, 1.54) is 22.3 Å². The fourth-order valence-corrected chi connectivity index (χ4v) is 1.75. The predicted octanol–water partition coefficient (Wildman–Crippen LogP) is 3.80. The van der Waals surface area contributed by atoms with Gasteiger partial charge in [-0.05, 0) is 49.4 Å². The molecule has 0 radical (unpaired) electrons. The zero-order valence-corrected chi connectivity index (χ0v) is 9.73. The Bertz CT molecular complexity index is 386. The van der Waals surface area contributed by atoms with Crippen LogP contribution >= 0.6 is 0 Å². The lowest BCUT2D eigenvalue weighted by Gasteiger charge is -2.12. The van der Waals surface area contributed by atoms with E-state index in [1.807, 2.05) is 6.92 Å². The van der Waals surface area contributed by atoms with Gasteiger partial charge in [0.2, 0.25) is 0 Å². The van der Waals surface area contributed by atoms with E-state index in [0.29, 0.717) is 5.92 Å². The standard InChI is InChI=1S/C14H18/c1-6-7-13-8-11(4)9-14(10(2)3)12(13)5/h8-10H,1-5H3. The van der Waals surface area contributed by atoms with Crippen LogP contribution in [0.15, 0.2) is 12.1 Å². The van der Waals surface area contributed by atoms with Gasteiger partial charge in [-0.1, -0.05) is 25.8 Å². The van der Waals surface area contributed by atoms with E-state index >= 15 is 0 Å². The second-order valence-corrected chi connectivity index (χ2v) is 4.06. The molecule has 0 atom stereocenters. The largest absolute Gasteiger partial charge is 0.101 e. The molecule has 0 spiro atoms. The molecule has 0 amide bonds. The lowest BCUT2D eigenvalue weighted by atomic mass is 9.92. The molecule has 0 nitrogen and oxygen atoms in total. The van der Waals surface area contributed by atoms with Gasteiger partial charge in [-0.25, -0.2) is 0 Å². The highest BCUT2D eigenvalue weighted by atomic mass is 14.1. The predicted molar refractivity (Wildman–Crippen MR) is 62.6 cm³/mol. The van der Waals surface area contributed by atoms with Gasteiger partial charge < -0.3 is 0 Å². The van der Waals surface area contributed by atoms with Crippen LogP contribution in [0, 0.1) is 25.7 Å². The van der Waals surface area contributed by atoms with Crippen molar-refractivity contribution >= 4 is 0 Å². The van der Waals surface area contributed by atoms with Crippen molar-refractivity contribution in [2.24, 2.45) is 0 Å². The molecule has 0 unspecified atom stereocenters. The van der Waals surface area contributed by atoms with E-state index in [2.05, 4.69) is 51.7 Å². The van der Waals surface area contributed by atoms with E-state index < -0.39 is 0 Å². The zero-order chi connectivity index (χ0) is 10.7. The Labute approximate surface area is 87.4 Å². The molecule has 0 aliphatic carbocycles. The maximum atomic E-state index is 3.16. The summed E-state index contributed by atoms with van der Waals surface area (Å²) in [4.78, 5) is 0. The van der Waals surface area contributed by atoms with Crippen molar-refractivity contribution in [3.05, 3.63) is 34.4 Å². The summed E-state index contributed by atoms with van der Waals surface area (Å²) in [7, 11) is 0. The Morgan fingerprint density at radius 2 is 1.79 bits per heavy atom. The van der Waals surface area contributed by atoms with Gasteiger partial charge in [0, 0.05) is 5.56 Å². The lowest BCUT2D eigenvalue weighted by Crippen LogP contribution is -1.96. The van der Waals surface area contributed by atoms with Crippen molar-refractivity contribution in [3.63, 3.8) is 0 Å². The van der Waals surface area contributed by atoms with Crippen LogP contribution in [0.1, 0.15) is 48.9 Å². The van der Waals surface area contributed by atoms with Crippen molar-refractivity contribution in [1.82, 2.24) is 0 Å². The molecule has 0 fully saturated rings. The van der Waals surface area contributed by atoms with Crippen LogP contribution in [0.2, 0.25) is 0 Å². The second kappa shape index (κ2) is 4.33. The van der Waals surface area contributed by atoms with Crippen LogP contribution in [0.5, 0.6) is 0 Å². The van der Waals surface area contributed by atoms with E-state index in [4.69, 9.17) is 0 Å². The van der Waals surface area contributed by atoms with Gasteiger partial charge >= 0.3 is 0 Å². The van der Waals surface area contributed by atoms with Gasteiger partial charge in [0.15, 0.2) is 0 Å². The molecule has 0 saturated carbocycles. The molecule has 1 rings (SSSR count). The van der Waals surface area contributed by atoms with Crippen molar-refractivity contribution in [1.29, 1.82) is 0 Å². The molecule has 0 aliphatic rings. The van der Waals surface area contributed by atoms with Crippen LogP contribution in [0.4, 0.5) is 0 Å². The average Bonchev–Trinajstić information content (AvgIpc) is 2.10. The fraction of sp³-hybridized carbons (Fsp3) is 0.429. The topological polar surface area (TPSA) is 0 Å². The van der Waals surface area contributed by atoms with Gasteiger partial charge in [-0.3, -0.25) is 0 Å². The molecule has 1 aromatic rings. The molecule has 0 heteroatoms. The van der Waals surface area contributed by atoms with Crippen molar-refractivity contribution in [2.45, 2.75) is 40.5 Å². The van der Waals surface area contributed by atoms with E-state index in [0.717, 1.165) is 0 Å². The monoisotopic (exact) mass is 186 g/mol. The Kier molecular flexibility index (Phi) is 3.36. The first-order valence-corrected chi connectivity index (χ1v) is 5.10. The Morgan fingerprint density at radius 3 is 2.29 bits per heavy atom. The smallest absolute Gasteiger partial charge is 0.0279 e. The Balaban J connectivity index is 3.37. The highest BCUT2D eigenvalue weighted by molar-refractivity contribution is 5.48. The number of aryl methyl sites for hydroxylation is 1. The van der Waals surface area contributed by atoms with Gasteiger partial charge in [-0.2, -0.15) is 0 Å². The highest BCUT2D eigenvalue weighted by Crippen LogP contribution is 2.23. The molecule has 0 N–H and O–H groups in total. The molecule has 74 valence electrons. The molecular formula is C14H18. The van der Waals surface area contributed by atoms with Crippen LogP contribution in [0.3, 0.4) is 0 Å². The zero-order valence-electron chi connectivity index (χ0n) is 9.73. The highest BCUT2D eigenvalue weighted by Gasteiger charge is 2.07. The number of hydrogen-bond donors (Lipinski definition) is 0. The summed E-state index contributed by atoms with van der Waals surface area (Å²) in [5, 5.41) is 0. The van der Waals surface area contributed by atoms with E-state index in [-0.39, 0.29) is 0 Å². The molecule has 0 saturated heterocycles. The third kappa shape index (κ3) is 2.17. The molecule has 0 bridgehead atoms. The minimum absolute atomic E-state index is 0.576. The minimum atomic E-state index is 0.576. The summed E-state index contributed by atoms with van der Waals surface area (Å²) in [6.07, 6.45) is 0. The summed E-state index contributed by atoms with van der Waals surface area (Å²) in [6, 6.07) is 4.43. The maximum Gasteiger partial charge on any atom is 0.0279 e. The van der Waals surface area contributed by atoms with Crippen molar-refractivity contribution < 1.29 is 0 Å². The summed E-state index contributed by atoms with van der Waals surface area (Å²) >= 11 is 0. The van der Waals surface area contributed by atoms with Crippen LogP contribution < -0.4 is 0 Å². The third-order valence-electron chi connectivity index (χ3n) is 2.47. The molecule has 1 aromatic carbocycles. The normalized spacial score (nSPS) is 9.86. The average molecular weight is 186 g/mol. The SMILES string of the molecule is CC#Cc1cc(C)cc(C(C)C)c1C. The number of rotatable bonds is 1. The maximum absolute atomic E-state index is 3.16. The van der Waals surface area contributed by atoms with E-state index in [1.54, 1.807) is 0 Å². The molecule has 0 aromatic heterocycles. The van der Waals surface area contributed by atoms with Gasteiger partial charge in [0.05, 0.1) is 0 Å². The van der Waals surface area contributed by atoms with E-state index in [9.17, 15) is 0 Å². The first-order chi connectivity index (χ1) is 6.56. The second-order valence-electron chi connectivity index (χ2n) is 4.06. The van der Waals surface area contributed by atoms with Gasteiger partial charge in [0.1, 0.15) is 0 Å². The van der Waals surface area contributed by atoms with Crippen LogP contribution in [0.25, 0.3) is 0 Å². The first kappa shape index (κ1) is 10.9. The summed E-state index contributed by atoms with van der Waals surface area (Å²) in [5.74, 6) is 6.71. The third-order valence-corrected chi connectivity index (χ3v) is 2.47. The fourth-order valence-electron chi connectivity index (χ4n) is 1.75. The van der Waals surface area contributed by atoms with Crippen LogP contribution in [-0.2, 0) is 0 Å². The molecule has 14 heavy (non-hydrogen) atoms. The molecule has 0 aliphatic heterocycles. The van der Waals surface area contributed by atoms with Crippen LogP contribution in [-0.4, -0.2) is 0 Å². The lowest BCUT2D eigenvalue weighted by molar-refractivity contribution is 0.853.